The highest BCUT2D eigenvalue weighted by atomic mass is 35.5. The molecule has 5 saturated heterocycles. The van der Waals surface area contributed by atoms with Gasteiger partial charge in [0.05, 0.1) is 129 Å². The molecular formula is C50H76Cl2FN11O11S3. The first-order valence-electron chi connectivity index (χ1n) is 24.7. The van der Waals surface area contributed by atoms with Gasteiger partial charge < -0.3 is 44.9 Å². The maximum Gasteiger partial charge on any atom is 0.266 e. The molecule has 6 atom stereocenters. The van der Waals surface area contributed by atoms with Crippen LogP contribution in [-0.4, -0.2) is 154 Å². The summed E-state index contributed by atoms with van der Waals surface area (Å²) < 4.78 is 80.1. The second-order valence-corrected chi connectivity index (χ2v) is 27.7. The number of nitrogens with one attached hydrogen (secondary N) is 1. The second-order valence-electron chi connectivity index (χ2n) is 21.6. The molecular weight excluding hydrogens is 1120 g/mol. The highest BCUT2D eigenvalue weighted by Crippen LogP contribution is 2.33. The van der Waals surface area contributed by atoms with Gasteiger partial charge in [0.1, 0.15) is 53.2 Å². The van der Waals surface area contributed by atoms with Crippen LogP contribution in [0.3, 0.4) is 0 Å². The monoisotopic (exact) mass is 1190 g/mol. The van der Waals surface area contributed by atoms with Gasteiger partial charge in [-0.1, -0.05) is 11.6 Å². The molecule has 7 heterocycles. The van der Waals surface area contributed by atoms with Crippen molar-refractivity contribution in [3.8, 4) is 23.4 Å². The second kappa shape index (κ2) is 31.1. The third kappa shape index (κ3) is 22.0. The quantitative estimate of drug-likeness (QED) is 0.273. The molecule has 0 aliphatic carbocycles. The van der Waals surface area contributed by atoms with Crippen LogP contribution in [0.2, 0.25) is 5.02 Å². The molecule has 0 spiro atoms. The maximum absolute atomic E-state index is 13.5. The van der Waals surface area contributed by atoms with Gasteiger partial charge in [0, 0.05) is 51.0 Å². The molecule has 2 amide bonds. The number of benzene rings is 1. The van der Waals surface area contributed by atoms with E-state index < -0.39 is 61.3 Å². The average Bonchev–Trinajstić information content (AvgIpc) is 4.24. The van der Waals surface area contributed by atoms with Gasteiger partial charge >= 0.3 is 0 Å². The van der Waals surface area contributed by atoms with Crippen molar-refractivity contribution >= 4 is 80.3 Å². The number of nitrogens with zero attached hydrogens (tertiary/aromatic N) is 7. The number of nitriles is 2. The van der Waals surface area contributed by atoms with Crippen LogP contribution in [0.5, 0.6) is 0 Å². The minimum absolute atomic E-state index is 0. The molecule has 5 fully saturated rings. The van der Waals surface area contributed by atoms with Crippen LogP contribution in [0.25, 0.3) is 16.1 Å². The lowest BCUT2D eigenvalue weighted by Crippen LogP contribution is -2.49. The van der Waals surface area contributed by atoms with Crippen molar-refractivity contribution in [3.63, 3.8) is 0 Å². The van der Waals surface area contributed by atoms with E-state index in [1.54, 1.807) is 9.58 Å². The first-order chi connectivity index (χ1) is 35.8. The number of Topliss-reactive ketones (excluding diaryl/α,β-unsaturated/α-hetero) is 1. The lowest BCUT2D eigenvalue weighted by Gasteiger charge is -2.29. The standard InChI is InChI=1S/C20H19ClFN5O3.C9H16N2O2S.C8H15NO2S.C5H8N2O.C4H11NOS.C4H6O2.ClH/c1-24-20(4-7-30-11-20)9-16(28)26-5-6-27-15(10-26)17(19(23)29)18(25-27)12-2-3-14(22)13(21)8-12;1-8(2,3)14(12)11-9(6-10)4-5-13-7-9;1-8(2,3)12(10)9-7-4-5-11-6-7;6-3-5(7)1-2-8-4-5;1-4(2,3)7(5)6;5-4-1-2-6-3-4;/h2-3,8H,4-7,9-11H2,(H2,23,29);11H,4-5,7H2,1-3H3;4-6H2,1-3H3;1-2,4,7H2;5H2,1-3H3;1-3H2;1H. The van der Waals surface area contributed by atoms with Gasteiger partial charge in [0.2, 0.25) is 5.91 Å². The fourth-order valence-electron chi connectivity index (χ4n) is 6.87. The van der Waals surface area contributed by atoms with Crippen molar-refractivity contribution in [3.05, 3.63) is 51.7 Å². The SMILES string of the molecule is CC(C)(C)S(=O)N=C1CCOC1.CC(C)(C)S(=O)NC1(C#N)CCOC1.CC(C)(C)S(N)=O.Cl.N#CC1(N)CCOC1.O=C1CCOC1.[C-]#[N+]C1(CC(=O)N2CCn3nc(-c4ccc(F)c(Cl)c4)c(C(N)=O)c3C2)CCOC1. The average molecular weight is 1190 g/mol. The molecule has 436 valence electrons. The Hall–Kier alpha value is -4.18. The molecule has 0 bridgehead atoms. The zero-order chi connectivity index (χ0) is 58.0. The fraction of sp³-hybridized carbons (Fsp3) is 0.680. The summed E-state index contributed by atoms with van der Waals surface area (Å²) in [6, 6.07) is 8.21. The normalized spacial score (nSPS) is 24.1. The summed E-state index contributed by atoms with van der Waals surface area (Å²) in [6.45, 7) is 30.1. The van der Waals surface area contributed by atoms with Crippen molar-refractivity contribution in [1.82, 2.24) is 19.4 Å². The number of rotatable bonds is 7. The number of nitrogens with two attached hydrogens (primary N) is 3. The third-order valence-electron chi connectivity index (χ3n) is 11.9. The lowest BCUT2D eigenvalue weighted by atomic mass is 9.94. The number of ether oxygens (including phenoxy) is 5. The summed E-state index contributed by atoms with van der Waals surface area (Å²) in [5.74, 6) is -1.21. The molecule has 6 aliphatic rings. The van der Waals surface area contributed by atoms with E-state index in [-0.39, 0.29) is 68.5 Å². The summed E-state index contributed by atoms with van der Waals surface area (Å²) in [6.07, 6.45) is 3.32. The van der Waals surface area contributed by atoms with E-state index in [9.17, 15) is 31.4 Å². The van der Waals surface area contributed by atoms with E-state index in [4.69, 9.17) is 69.0 Å². The molecule has 2 aromatic rings. The third-order valence-corrected chi connectivity index (χ3v) is 16.5. The van der Waals surface area contributed by atoms with Crippen LogP contribution >= 0.6 is 24.0 Å². The summed E-state index contributed by atoms with van der Waals surface area (Å²) in [5.41, 5.74) is 11.2. The summed E-state index contributed by atoms with van der Waals surface area (Å²) in [4.78, 5) is 40.5. The first-order valence-corrected chi connectivity index (χ1v) is 28.6. The van der Waals surface area contributed by atoms with Crippen LogP contribution in [-0.2, 0) is 79.3 Å². The first kappa shape index (κ1) is 69.9. The van der Waals surface area contributed by atoms with E-state index in [0.29, 0.717) is 109 Å². The Bertz CT molecular complexity index is 2590. The predicted molar refractivity (Wildman–Crippen MR) is 299 cm³/mol. The molecule has 78 heavy (non-hydrogen) atoms. The van der Waals surface area contributed by atoms with Crippen LogP contribution < -0.4 is 21.3 Å². The summed E-state index contributed by atoms with van der Waals surface area (Å²) in [5, 5.41) is 26.8. The number of amides is 2. The van der Waals surface area contributed by atoms with Crippen molar-refractivity contribution in [2.24, 2.45) is 21.0 Å². The smallest absolute Gasteiger partial charge is 0.266 e. The van der Waals surface area contributed by atoms with Crippen molar-refractivity contribution in [2.75, 3.05) is 72.6 Å². The molecule has 6 aliphatic heterocycles. The molecule has 22 nitrogen and oxygen atoms in total. The molecule has 1 aromatic heterocycles. The van der Waals surface area contributed by atoms with Crippen LogP contribution in [0.1, 0.15) is 117 Å². The van der Waals surface area contributed by atoms with Crippen molar-refractivity contribution < 1.29 is 55.1 Å². The number of hydrogen-bond donors (Lipinski definition) is 4. The van der Waals surface area contributed by atoms with Gasteiger partial charge in [0.25, 0.3) is 11.4 Å². The molecule has 7 N–H and O–H groups in total. The highest BCUT2D eigenvalue weighted by molar-refractivity contribution is 7.85. The molecule has 0 saturated carbocycles. The number of carbonyl (C=O) groups is 3. The fourth-order valence-corrected chi connectivity index (χ4v) is 8.57. The van der Waals surface area contributed by atoms with E-state index in [1.807, 2.05) is 68.4 Å². The molecule has 8 rings (SSSR count). The number of primary amides is 1. The van der Waals surface area contributed by atoms with Crippen LogP contribution in [0.4, 0.5) is 4.39 Å². The van der Waals surface area contributed by atoms with E-state index in [0.717, 1.165) is 18.7 Å². The number of ketones is 1. The lowest BCUT2D eigenvalue weighted by molar-refractivity contribution is -0.133. The Morgan fingerprint density at radius 1 is 0.885 bits per heavy atom. The number of halogens is 3. The van der Waals surface area contributed by atoms with E-state index in [2.05, 4.69) is 25.1 Å². The molecule has 6 unspecified atom stereocenters. The summed E-state index contributed by atoms with van der Waals surface area (Å²) in [7, 11) is -3.52. The zero-order valence-corrected chi connectivity index (χ0v) is 49.9. The van der Waals surface area contributed by atoms with Gasteiger partial charge in [-0.05, 0) is 80.5 Å². The maximum atomic E-state index is 13.5. The number of aromatic nitrogens is 2. The predicted octanol–water partition coefficient (Wildman–Crippen LogP) is 4.72. The van der Waals surface area contributed by atoms with Crippen molar-refractivity contribution in [2.45, 2.75) is 145 Å². The number of hydrogen-bond acceptors (Lipinski definition) is 15. The van der Waals surface area contributed by atoms with Gasteiger partial charge in [-0.25, -0.2) is 28.3 Å². The van der Waals surface area contributed by atoms with Crippen molar-refractivity contribution in [1.29, 1.82) is 10.5 Å². The Morgan fingerprint density at radius 2 is 1.49 bits per heavy atom. The van der Waals surface area contributed by atoms with Gasteiger partial charge in [-0.2, -0.15) is 20.0 Å². The minimum Gasteiger partial charge on any atom is -0.378 e. The highest BCUT2D eigenvalue weighted by Gasteiger charge is 2.45. The largest absolute Gasteiger partial charge is 0.378 e. The molecule has 1 aromatic carbocycles. The van der Waals surface area contributed by atoms with E-state index in [1.165, 1.54) is 18.2 Å². The van der Waals surface area contributed by atoms with Gasteiger partial charge in [-0.15, -0.1) is 12.4 Å². The van der Waals surface area contributed by atoms with Gasteiger partial charge in [-0.3, -0.25) is 24.2 Å². The topological polar surface area (TPSA) is 324 Å². The molecule has 0 radical (unpaired) electrons. The Balaban J connectivity index is 0.000000361. The Morgan fingerprint density at radius 3 is 1.90 bits per heavy atom. The molecule has 28 heteroatoms. The minimum atomic E-state index is -1.22. The Labute approximate surface area is 476 Å². The van der Waals surface area contributed by atoms with Crippen LogP contribution in [0.15, 0.2) is 22.6 Å². The summed E-state index contributed by atoms with van der Waals surface area (Å²) >= 11 is 5.88. The zero-order valence-electron chi connectivity index (χ0n) is 45.9. The Kier molecular flexibility index (Phi) is 27.9. The van der Waals surface area contributed by atoms with Crippen LogP contribution in [0, 0.1) is 35.1 Å². The number of fused-ring (bicyclic) bond motifs is 1. The van der Waals surface area contributed by atoms with Gasteiger partial charge in [0.15, 0.2) is 5.78 Å². The number of carbonyl (C=O) groups excluding carboxylic acids is 3. The van der Waals surface area contributed by atoms with E-state index >= 15 is 0 Å².